The van der Waals surface area contributed by atoms with Crippen molar-refractivity contribution in [3.8, 4) is 0 Å². The summed E-state index contributed by atoms with van der Waals surface area (Å²) in [5.41, 5.74) is -0.265. The molecule has 0 saturated carbocycles. The molecule has 1 atom stereocenters. The van der Waals surface area contributed by atoms with Crippen molar-refractivity contribution in [3.05, 3.63) is 0 Å². The molecule has 0 amide bonds. The molecule has 0 radical (unpaired) electrons. The zero-order chi connectivity index (χ0) is 23.9. The fraction of sp³-hybridized carbons (Fsp3) is 0.905. The topological polar surface area (TPSA) is 89.5 Å². The summed E-state index contributed by atoms with van der Waals surface area (Å²) >= 11 is 0. The van der Waals surface area contributed by atoms with E-state index in [2.05, 4.69) is 0 Å². The summed E-state index contributed by atoms with van der Waals surface area (Å²) in [5, 5.41) is 0. The highest BCUT2D eigenvalue weighted by Crippen LogP contribution is 2.39. The Hall–Kier alpha value is -0.466. The van der Waals surface area contributed by atoms with Crippen LogP contribution in [0.25, 0.3) is 0 Å². The molecule has 8 nitrogen and oxygen atoms in total. The summed E-state index contributed by atoms with van der Waals surface area (Å²) in [6.07, 6.45) is 0.862. The second kappa shape index (κ2) is 16.2. The van der Waals surface area contributed by atoms with Gasteiger partial charge in [-0.2, -0.15) is 0 Å². The first-order chi connectivity index (χ1) is 14.7. The second-order valence-corrected chi connectivity index (χ2v) is 12.8. The first kappa shape index (κ1) is 30.5. The number of ketones is 2. The van der Waals surface area contributed by atoms with Gasteiger partial charge in [0.15, 0.2) is 0 Å². The van der Waals surface area contributed by atoms with Gasteiger partial charge >= 0.3 is 17.6 Å². The predicted octanol–water partition coefficient (Wildman–Crippen LogP) is 4.03. The Morgan fingerprint density at radius 3 is 1.29 bits per heavy atom. The molecule has 31 heavy (non-hydrogen) atoms. The normalized spacial score (nSPS) is 13.6. The van der Waals surface area contributed by atoms with Gasteiger partial charge < -0.3 is 26.6 Å². The van der Waals surface area contributed by atoms with E-state index in [0.717, 1.165) is 0 Å². The van der Waals surface area contributed by atoms with Gasteiger partial charge in [0.25, 0.3) is 0 Å². The van der Waals surface area contributed by atoms with E-state index in [1.165, 1.54) is 13.8 Å². The van der Waals surface area contributed by atoms with E-state index in [9.17, 15) is 9.59 Å². The summed E-state index contributed by atoms with van der Waals surface area (Å²) in [4.78, 5) is 24.5. The van der Waals surface area contributed by atoms with Crippen molar-refractivity contribution in [1.82, 2.24) is 0 Å². The fourth-order valence-electron chi connectivity index (χ4n) is 3.78. The molecule has 0 aromatic carbocycles. The average molecular weight is 481 g/mol. The van der Waals surface area contributed by atoms with Crippen LogP contribution in [0.15, 0.2) is 0 Å². The minimum atomic E-state index is -3.20. The molecular weight excluding hydrogens is 436 g/mol. The molecule has 0 bridgehead atoms. The number of hydrogen-bond donors (Lipinski definition) is 0. The number of Topliss-reactive ketones (excluding diaryl/α,β-unsaturated/α-hetero) is 2. The molecule has 0 N–H and O–H groups in total. The summed E-state index contributed by atoms with van der Waals surface area (Å²) in [6.45, 7) is 17.0. The molecule has 0 aliphatic carbocycles. The van der Waals surface area contributed by atoms with Crippen LogP contribution in [0.2, 0.25) is 11.6 Å². The smallest absolute Gasteiger partial charge is 0.374 e. The lowest BCUT2D eigenvalue weighted by atomic mass is 9.94. The predicted molar refractivity (Wildman–Crippen MR) is 124 cm³/mol. The van der Waals surface area contributed by atoms with Gasteiger partial charge in [0.2, 0.25) is 0 Å². The third kappa shape index (κ3) is 9.91. The lowest BCUT2D eigenvalue weighted by Gasteiger charge is -2.37. The van der Waals surface area contributed by atoms with E-state index >= 15 is 0 Å². The highest BCUT2D eigenvalue weighted by atomic mass is 28.4. The van der Waals surface area contributed by atoms with Crippen LogP contribution in [-0.4, -0.2) is 68.8 Å². The van der Waals surface area contributed by atoms with Crippen LogP contribution in [0.4, 0.5) is 0 Å². The molecule has 0 fully saturated rings. The highest BCUT2D eigenvalue weighted by molar-refractivity contribution is 6.63. The maximum absolute atomic E-state index is 12.2. The van der Waals surface area contributed by atoms with Crippen LogP contribution >= 0.6 is 0 Å². The van der Waals surface area contributed by atoms with E-state index < -0.39 is 23.5 Å². The van der Waals surface area contributed by atoms with Gasteiger partial charge in [-0.3, -0.25) is 9.59 Å². The number of rotatable bonds is 20. The molecule has 10 heteroatoms. The third-order valence-corrected chi connectivity index (χ3v) is 11.6. The van der Waals surface area contributed by atoms with E-state index in [1.54, 1.807) is 0 Å². The molecular formula is C21H44O8Si2. The maximum atomic E-state index is 12.2. The van der Waals surface area contributed by atoms with Crippen LogP contribution in [0.5, 0.6) is 0 Å². The van der Waals surface area contributed by atoms with Crippen LogP contribution in [-0.2, 0) is 36.1 Å². The molecule has 0 aliphatic rings. The van der Waals surface area contributed by atoms with Crippen LogP contribution in [0.1, 0.15) is 68.2 Å². The second-order valence-electron chi connectivity index (χ2n) is 7.13. The molecule has 0 aliphatic heterocycles. The summed E-state index contributed by atoms with van der Waals surface area (Å²) in [7, 11) is -6.12. The maximum Gasteiger partial charge on any atom is 0.504 e. The van der Waals surface area contributed by atoms with Gasteiger partial charge in [0.1, 0.15) is 11.6 Å². The van der Waals surface area contributed by atoms with E-state index in [4.69, 9.17) is 26.6 Å². The average Bonchev–Trinajstić information content (AvgIpc) is 2.68. The molecule has 0 rings (SSSR count). The lowest BCUT2D eigenvalue weighted by Crippen LogP contribution is -2.53. The Morgan fingerprint density at radius 2 is 1.00 bits per heavy atom. The van der Waals surface area contributed by atoms with Gasteiger partial charge in [-0.25, -0.2) is 0 Å². The van der Waals surface area contributed by atoms with E-state index in [0.29, 0.717) is 58.5 Å². The van der Waals surface area contributed by atoms with Crippen molar-refractivity contribution in [2.75, 3.05) is 39.6 Å². The number of hydrogen-bond acceptors (Lipinski definition) is 8. The van der Waals surface area contributed by atoms with Crippen molar-refractivity contribution in [3.63, 3.8) is 0 Å². The van der Waals surface area contributed by atoms with E-state index in [-0.39, 0.29) is 17.1 Å². The molecule has 0 aromatic rings. The van der Waals surface area contributed by atoms with Gasteiger partial charge in [0, 0.05) is 51.2 Å². The molecule has 1 unspecified atom stereocenters. The first-order valence-corrected chi connectivity index (χ1v) is 15.3. The Morgan fingerprint density at radius 1 is 0.645 bits per heavy atom. The third-order valence-electron chi connectivity index (χ3n) is 4.93. The number of carbonyl (C=O) groups excluding carboxylic acids is 2. The van der Waals surface area contributed by atoms with Gasteiger partial charge in [-0.1, -0.05) is 0 Å². The minimum Gasteiger partial charge on any atom is -0.374 e. The Balaban J connectivity index is 6.12. The summed E-state index contributed by atoms with van der Waals surface area (Å²) in [6, 6.07) is 0.525. The highest BCUT2D eigenvalue weighted by Gasteiger charge is 2.52. The molecule has 184 valence electrons. The summed E-state index contributed by atoms with van der Waals surface area (Å²) in [5.74, 6) is -1.04. The van der Waals surface area contributed by atoms with Gasteiger partial charge in [0.05, 0.1) is 5.92 Å². The Bertz CT molecular complexity index is 470. The summed E-state index contributed by atoms with van der Waals surface area (Å²) < 4.78 is 36.4. The van der Waals surface area contributed by atoms with Crippen molar-refractivity contribution < 1.29 is 36.1 Å². The molecule has 0 aromatic heterocycles. The SMILES string of the molecule is CCO[Si](CCC(CC(C(C)=O)C(C)=O)[Si](OCC)(OCC)OCC)(OCC)OCC. The van der Waals surface area contributed by atoms with Crippen molar-refractivity contribution >= 4 is 29.2 Å². The van der Waals surface area contributed by atoms with Crippen molar-refractivity contribution in [2.45, 2.75) is 79.8 Å². The molecule has 0 spiro atoms. The number of carbonyl (C=O) groups is 2. The van der Waals surface area contributed by atoms with Crippen LogP contribution in [0, 0.1) is 5.92 Å². The molecule has 0 heterocycles. The van der Waals surface area contributed by atoms with Crippen molar-refractivity contribution in [2.24, 2.45) is 5.92 Å². The van der Waals surface area contributed by atoms with Crippen LogP contribution < -0.4 is 0 Å². The van der Waals surface area contributed by atoms with Gasteiger partial charge in [-0.15, -0.1) is 0 Å². The zero-order valence-electron chi connectivity index (χ0n) is 20.8. The van der Waals surface area contributed by atoms with Gasteiger partial charge in [-0.05, 0) is 68.2 Å². The fourth-order valence-corrected chi connectivity index (χ4v) is 9.96. The standard InChI is InChI=1S/C21H44O8Si2/c1-9-24-30(25-10-2,26-11-3)16-15-20(17-21(18(7)22)19(8)23)31(27-12-4,28-13-5)29-14-6/h20-21H,9-17H2,1-8H3. The Kier molecular flexibility index (Phi) is 16.0. The van der Waals surface area contributed by atoms with Crippen molar-refractivity contribution in [1.29, 1.82) is 0 Å². The molecule has 0 saturated heterocycles. The zero-order valence-corrected chi connectivity index (χ0v) is 22.8. The quantitative estimate of drug-likeness (QED) is 0.191. The van der Waals surface area contributed by atoms with E-state index in [1.807, 2.05) is 41.5 Å². The largest absolute Gasteiger partial charge is 0.504 e. The van der Waals surface area contributed by atoms with Crippen LogP contribution in [0.3, 0.4) is 0 Å². The Labute approximate surface area is 191 Å². The first-order valence-electron chi connectivity index (χ1n) is 11.6. The lowest BCUT2D eigenvalue weighted by molar-refractivity contribution is -0.130. The monoisotopic (exact) mass is 480 g/mol. The minimum absolute atomic E-state index is 0.159.